The summed E-state index contributed by atoms with van der Waals surface area (Å²) in [6, 6.07) is 5.86. The Hall–Kier alpha value is -1.87. The molecule has 1 N–H and O–H groups in total. The van der Waals surface area contributed by atoms with Crippen molar-refractivity contribution >= 4 is 15.7 Å². The summed E-state index contributed by atoms with van der Waals surface area (Å²) >= 11 is 0. The lowest BCUT2D eigenvalue weighted by atomic mass is 10.1. The molecule has 19 heavy (non-hydrogen) atoms. The first-order valence-electron chi connectivity index (χ1n) is 5.78. The zero-order valence-corrected chi connectivity index (χ0v) is 11.9. The van der Waals surface area contributed by atoms with Crippen molar-refractivity contribution in [3.05, 3.63) is 29.3 Å². The molecule has 0 heterocycles. The first-order chi connectivity index (χ1) is 8.75. The Morgan fingerprint density at radius 1 is 1.42 bits per heavy atom. The largest absolute Gasteiger partial charge is 0.352 e. The number of carbonyl (C=O) groups excluding carboxylic acids is 1. The van der Waals surface area contributed by atoms with Crippen LogP contribution in [-0.2, 0) is 9.84 Å². The molecule has 5 nitrogen and oxygen atoms in total. The SMILES string of the molecule is CC(C)CNC(=O)c1cc(C#N)ccc1S(C)(=O)=O. The van der Waals surface area contributed by atoms with Gasteiger partial charge in [0.25, 0.3) is 5.91 Å². The Balaban J connectivity index is 3.23. The van der Waals surface area contributed by atoms with Crippen molar-refractivity contribution in [1.29, 1.82) is 5.26 Å². The Labute approximate surface area is 113 Å². The third-order valence-electron chi connectivity index (χ3n) is 2.42. The van der Waals surface area contributed by atoms with E-state index in [0.717, 1.165) is 6.26 Å². The van der Waals surface area contributed by atoms with E-state index in [4.69, 9.17) is 5.26 Å². The van der Waals surface area contributed by atoms with Gasteiger partial charge in [0.2, 0.25) is 0 Å². The van der Waals surface area contributed by atoms with Gasteiger partial charge in [-0.2, -0.15) is 5.26 Å². The van der Waals surface area contributed by atoms with Gasteiger partial charge in [0.05, 0.1) is 22.1 Å². The van der Waals surface area contributed by atoms with E-state index < -0.39 is 15.7 Å². The van der Waals surface area contributed by atoms with Crippen molar-refractivity contribution in [2.45, 2.75) is 18.7 Å². The minimum absolute atomic E-state index is 0.0159. The third-order valence-corrected chi connectivity index (χ3v) is 3.58. The monoisotopic (exact) mass is 280 g/mol. The van der Waals surface area contributed by atoms with E-state index in [0.29, 0.717) is 6.54 Å². The quantitative estimate of drug-likeness (QED) is 0.901. The molecule has 0 aromatic heterocycles. The van der Waals surface area contributed by atoms with E-state index in [-0.39, 0.29) is 21.9 Å². The summed E-state index contributed by atoms with van der Waals surface area (Å²) < 4.78 is 23.3. The summed E-state index contributed by atoms with van der Waals surface area (Å²) in [7, 11) is -3.51. The lowest BCUT2D eigenvalue weighted by Gasteiger charge is -2.10. The molecule has 0 spiro atoms. The number of nitrogens with one attached hydrogen (secondary N) is 1. The van der Waals surface area contributed by atoms with Crippen LogP contribution in [0.2, 0.25) is 0 Å². The maximum absolute atomic E-state index is 12.0. The van der Waals surface area contributed by atoms with Gasteiger partial charge >= 0.3 is 0 Å². The molecule has 0 aliphatic heterocycles. The second-order valence-corrected chi connectivity index (χ2v) is 6.68. The maximum atomic E-state index is 12.0. The minimum Gasteiger partial charge on any atom is -0.352 e. The number of nitriles is 1. The van der Waals surface area contributed by atoms with E-state index >= 15 is 0 Å². The average molecular weight is 280 g/mol. The number of carbonyl (C=O) groups is 1. The van der Waals surface area contributed by atoms with Crippen LogP contribution in [-0.4, -0.2) is 27.1 Å². The molecule has 1 aromatic rings. The second-order valence-electron chi connectivity index (χ2n) is 4.70. The highest BCUT2D eigenvalue weighted by molar-refractivity contribution is 7.90. The number of amides is 1. The highest BCUT2D eigenvalue weighted by atomic mass is 32.2. The number of nitrogens with zero attached hydrogens (tertiary/aromatic N) is 1. The molecule has 0 fully saturated rings. The molecule has 0 bridgehead atoms. The van der Waals surface area contributed by atoms with Gasteiger partial charge in [-0.05, 0) is 24.1 Å². The number of sulfone groups is 1. The topological polar surface area (TPSA) is 87.0 Å². The van der Waals surface area contributed by atoms with Gasteiger partial charge in [-0.15, -0.1) is 0 Å². The van der Waals surface area contributed by atoms with Gasteiger partial charge in [-0.3, -0.25) is 4.79 Å². The van der Waals surface area contributed by atoms with Crippen molar-refractivity contribution in [1.82, 2.24) is 5.32 Å². The van der Waals surface area contributed by atoms with E-state index in [1.54, 1.807) is 0 Å². The number of hydrogen-bond acceptors (Lipinski definition) is 4. The minimum atomic E-state index is -3.51. The van der Waals surface area contributed by atoms with Crippen LogP contribution in [0, 0.1) is 17.2 Å². The van der Waals surface area contributed by atoms with Crippen LogP contribution in [0.3, 0.4) is 0 Å². The first kappa shape index (κ1) is 15.2. The summed E-state index contributed by atoms with van der Waals surface area (Å²) in [6.07, 6.45) is 1.04. The standard InChI is InChI=1S/C13H16N2O3S/c1-9(2)8-15-13(16)11-6-10(7-14)4-5-12(11)19(3,17)18/h4-6,9H,8H2,1-3H3,(H,15,16). The number of hydrogen-bond donors (Lipinski definition) is 1. The van der Waals surface area contributed by atoms with Gasteiger partial charge in [-0.25, -0.2) is 8.42 Å². The van der Waals surface area contributed by atoms with Crippen molar-refractivity contribution in [2.75, 3.05) is 12.8 Å². The molecule has 6 heteroatoms. The fourth-order valence-corrected chi connectivity index (χ4v) is 2.36. The van der Waals surface area contributed by atoms with Crippen LogP contribution in [0.25, 0.3) is 0 Å². The van der Waals surface area contributed by atoms with Crippen molar-refractivity contribution in [2.24, 2.45) is 5.92 Å². The Morgan fingerprint density at radius 3 is 2.53 bits per heavy atom. The van der Waals surface area contributed by atoms with Crippen LogP contribution in [0.5, 0.6) is 0 Å². The lowest BCUT2D eigenvalue weighted by molar-refractivity contribution is 0.0945. The predicted octanol–water partition coefficient (Wildman–Crippen LogP) is 1.35. The van der Waals surface area contributed by atoms with Crippen LogP contribution >= 0.6 is 0 Å². The van der Waals surface area contributed by atoms with Gasteiger partial charge in [0, 0.05) is 12.8 Å². The Morgan fingerprint density at radius 2 is 2.05 bits per heavy atom. The van der Waals surface area contributed by atoms with E-state index in [9.17, 15) is 13.2 Å². The van der Waals surface area contributed by atoms with E-state index in [1.165, 1.54) is 18.2 Å². The van der Waals surface area contributed by atoms with Gasteiger partial charge in [0.15, 0.2) is 9.84 Å². The molecule has 0 atom stereocenters. The normalized spacial score (nSPS) is 11.1. The summed E-state index contributed by atoms with van der Waals surface area (Å²) in [5.41, 5.74) is 0.268. The van der Waals surface area contributed by atoms with Crippen molar-refractivity contribution in [3.8, 4) is 6.07 Å². The summed E-state index contributed by atoms with van der Waals surface area (Å²) in [5, 5.41) is 11.5. The maximum Gasteiger partial charge on any atom is 0.252 e. The highest BCUT2D eigenvalue weighted by Crippen LogP contribution is 2.17. The average Bonchev–Trinajstić information content (AvgIpc) is 2.33. The molecular weight excluding hydrogens is 264 g/mol. The zero-order chi connectivity index (χ0) is 14.6. The molecule has 0 saturated carbocycles. The van der Waals surface area contributed by atoms with Crippen LogP contribution in [0.1, 0.15) is 29.8 Å². The molecule has 102 valence electrons. The molecule has 0 radical (unpaired) electrons. The zero-order valence-electron chi connectivity index (χ0n) is 11.1. The molecule has 0 aliphatic rings. The van der Waals surface area contributed by atoms with E-state index in [2.05, 4.69) is 5.32 Å². The van der Waals surface area contributed by atoms with Crippen molar-refractivity contribution < 1.29 is 13.2 Å². The third kappa shape index (κ3) is 4.07. The molecule has 0 unspecified atom stereocenters. The lowest BCUT2D eigenvalue weighted by Crippen LogP contribution is -2.28. The predicted molar refractivity (Wildman–Crippen MR) is 71.4 cm³/mol. The number of rotatable bonds is 4. The Bertz CT molecular complexity index is 628. The van der Waals surface area contributed by atoms with Crippen LogP contribution in [0.4, 0.5) is 0 Å². The molecule has 1 amide bonds. The van der Waals surface area contributed by atoms with Gasteiger partial charge in [0.1, 0.15) is 0 Å². The first-order valence-corrected chi connectivity index (χ1v) is 7.67. The summed E-state index contributed by atoms with van der Waals surface area (Å²) in [6.45, 7) is 4.31. The molecule has 0 aliphatic carbocycles. The van der Waals surface area contributed by atoms with Gasteiger partial charge < -0.3 is 5.32 Å². The second kappa shape index (κ2) is 5.85. The van der Waals surface area contributed by atoms with Gasteiger partial charge in [-0.1, -0.05) is 13.8 Å². The molecule has 1 aromatic carbocycles. The van der Waals surface area contributed by atoms with Crippen LogP contribution < -0.4 is 5.32 Å². The highest BCUT2D eigenvalue weighted by Gasteiger charge is 2.19. The van der Waals surface area contributed by atoms with E-state index in [1.807, 2.05) is 19.9 Å². The summed E-state index contributed by atoms with van der Waals surface area (Å²) in [5.74, 6) is -0.226. The smallest absolute Gasteiger partial charge is 0.252 e. The fourth-order valence-electron chi connectivity index (χ4n) is 1.49. The summed E-state index contributed by atoms with van der Waals surface area (Å²) in [4.78, 5) is 11.9. The molecule has 0 saturated heterocycles. The van der Waals surface area contributed by atoms with Crippen LogP contribution in [0.15, 0.2) is 23.1 Å². The Kier molecular flexibility index (Phi) is 4.67. The van der Waals surface area contributed by atoms with Crippen molar-refractivity contribution in [3.63, 3.8) is 0 Å². The number of benzene rings is 1. The molecule has 1 rings (SSSR count). The fraction of sp³-hybridized carbons (Fsp3) is 0.385. The molecular formula is C13H16N2O3S.